The van der Waals surface area contributed by atoms with Gasteiger partial charge in [-0.1, -0.05) is 74.5 Å². The maximum absolute atomic E-state index is 9.83. The van der Waals surface area contributed by atoms with Gasteiger partial charge in [0, 0.05) is 17.9 Å². The molecule has 0 N–H and O–H groups in total. The number of hydrogen-bond donors (Lipinski definition) is 0. The molecule has 128 valence electrons. The zero-order chi connectivity index (χ0) is 17.6. The summed E-state index contributed by atoms with van der Waals surface area (Å²) >= 11 is 0. The van der Waals surface area contributed by atoms with Gasteiger partial charge in [0.05, 0.1) is 18.2 Å². The van der Waals surface area contributed by atoms with E-state index in [0.29, 0.717) is 30.3 Å². The molecule has 0 unspecified atom stereocenters. The van der Waals surface area contributed by atoms with E-state index < -0.39 is 0 Å². The molecule has 2 aromatic rings. The standard InChI is InChI=1S/C22H23NO2/c1-16(2)15-24-21-13-19(17-9-5-3-6-10-17)20(14-23)22(25-21)18-11-7-4-8-12-18/h3-12,16,19,21H,13,15H2,1-2H3/t19-,21-/m1/s1. The summed E-state index contributed by atoms with van der Waals surface area (Å²) in [6.07, 6.45) is 0.301. The van der Waals surface area contributed by atoms with E-state index in [1.807, 2.05) is 48.5 Å². The second-order valence-electron chi connectivity index (χ2n) is 6.69. The van der Waals surface area contributed by atoms with Crippen molar-refractivity contribution >= 4 is 5.76 Å². The smallest absolute Gasteiger partial charge is 0.200 e. The zero-order valence-electron chi connectivity index (χ0n) is 14.7. The van der Waals surface area contributed by atoms with Crippen LogP contribution in [0.5, 0.6) is 0 Å². The fourth-order valence-electron chi connectivity index (χ4n) is 3.04. The molecule has 0 saturated carbocycles. The summed E-state index contributed by atoms with van der Waals surface area (Å²) in [6, 6.07) is 22.3. The Labute approximate surface area is 149 Å². The van der Waals surface area contributed by atoms with Crippen molar-refractivity contribution in [2.45, 2.75) is 32.5 Å². The van der Waals surface area contributed by atoms with Crippen LogP contribution in [0.1, 0.15) is 37.3 Å². The van der Waals surface area contributed by atoms with Crippen molar-refractivity contribution in [1.82, 2.24) is 0 Å². The van der Waals surface area contributed by atoms with Gasteiger partial charge >= 0.3 is 0 Å². The Morgan fingerprint density at radius 3 is 2.32 bits per heavy atom. The van der Waals surface area contributed by atoms with Crippen molar-refractivity contribution < 1.29 is 9.47 Å². The Morgan fingerprint density at radius 2 is 1.72 bits per heavy atom. The minimum absolute atomic E-state index is 0.0210. The number of benzene rings is 2. The van der Waals surface area contributed by atoms with Gasteiger partial charge in [0.15, 0.2) is 0 Å². The largest absolute Gasteiger partial charge is 0.463 e. The number of nitriles is 1. The first-order chi connectivity index (χ1) is 12.2. The first kappa shape index (κ1) is 17.3. The van der Waals surface area contributed by atoms with E-state index in [-0.39, 0.29) is 12.2 Å². The summed E-state index contributed by atoms with van der Waals surface area (Å²) in [7, 11) is 0. The third-order valence-corrected chi connectivity index (χ3v) is 4.24. The third-order valence-electron chi connectivity index (χ3n) is 4.24. The average Bonchev–Trinajstić information content (AvgIpc) is 2.67. The van der Waals surface area contributed by atoms with E-state index in [2.05, 4.69) is 32.0 Å². The van der Waals surface area contributed by atoms with E-state index in [4.69, 9.17) is 9.47 Å². The maximum atomic E-state index is 9.83. The normalized spacial score (nSPS) is 20.2. The lowest BCUT2D eigenvalue weighted by Gasteiger charge is -2.32. The highest BCUT2D eigenvalue weighted by Gasteiger charge is 2.33. The molecule has 25 heavy (non-hydrogen) atoms. The predicted octanol–water partition coefficient (Wildman–Crippen LogP) is 5.12. The molecule has 0 bridgehead atoms. The topological polar surface area (TPSA) is 42.2 Å². The summed E-state index contributed by atoms with van der Waals surface area (Å²) in [6.45, 7) is 4.87. The molecule has 0 fully saturated rings. The Kier molecular flexibility index (Phi) is 5.53. The molecule has 3 nitrogen and oxygen atoms in total. The summed E-state index contributed by atoms with van der Waals surface area (Å²) in [4.78, 5) is 0. The highest BCUT2D eigenvalue weighted by atomic mass is 16.7. The molecule has 0 radical (unpaired) electrons. The van der Waals surface area contributed by atoms with Gasteiger partial charge in [0.2, 0.25) is 6.29 Å². The fourth-order valence-corrected chi connectivity index (χ4v) is 3.04. The van der Waals surface area contributed by atoms with E-state index in [0.717, 1.165) is 11.1 Å². The lowest BCUT2D eigenvalue weighted by atomic mass is 9.85. The molecular weight excluding hydrogens is 310 g/mol. The molecule has 3 heteroatoms. The Balaban J connectivity index is 2.01. The van der Waals surface area contributed by atoms with Gasteiger partial charge < -0.3 is 9.47 Å². The van der Waals surface area contributed by atoms with E-state index in [1.165, 1.54) is 0 Å². The lowest BCUT2D eigenvalue weighted by Crippen LogP contribution is -2.27. The van der Waals surface area contributed by atoms with Crippen molar-refractivity contribution in [1.29, 1.82) is 5.26 Å². The molecule has 0 aromatic heterocycles. The van der Waals surface area contributed by atoms with Gasteiger partial charge in [-0.05, 0) is 11.5 Å². The van der Waals surface area contributed by atoms with E-state index in [1.54, 1.807) is 0 Å². The van der Waals surface area contributed by atoms with Gasteiger partial charge in [-0.2, -0.15) is 5.26 Å². The quantitative estimate of drug-likeness (QED) is 0.762. The van der Waals surface area contributed by atoms with Gasteiger partial charge in [0.25, 0.3) is 0 Å². The van der Waals surface area contributed by atoms with Gasteiger partial charge in [-0.25, -0.2) is 0 Å². The number of nitrogens with zero attached hydrogens (tertiary/aromatic N) is 1. The Morgan fingerprint density at radius 1 is 1.08 bits per heavy atom. The molecule has 1 aliphatic rings. The van der Waals surface area contributed by atoms with E-state index >= 15 is 0 Å². The second kappa shape index (κ2) is 8.00. The molecule has 0 spiro atoms. The molecule has 3 rings (SSSR count). The maximum Gasteiger partial charge on any atom is 0.200 e. The predicted molar refractivity (Wildman–Crippen MR) is 98.4 cm³/mol. The summed E-state index contributed by atoms with van der Waals surface area (Å²) in [5.41, 5.74) is 2.70. The van der Waals surface area contributed by atoms with Crippen LogP contribution in [0.4, 0.5) is 0 Å². The fraction of sp³-hybridized carbons (Fsp3) is 0.318. The van der Waals surface area contributed by atoms with E-state index in [9.17, 15) is 5.26 Å². The van der Waals surface area contributed by atoms with Crippen molar-refractivity contribution in [3.63, 3.8) is 0 Å². The number of rotatable bonds is 5. The van der Waals surface area contributed by atoms with Crippen molar-refractivity contribution in [3.8, 4) is 6.07 Å². The highest BCUT2D eigenvalue weighted by Crippen LogP contribution is 2.40. The molecule has 1 aliphatic heterocycles. The highest BCUT2D eigenvalue weighted by molar-refractivity contribution is 5.69. The Hall–Kier alpha value is -2.57. The van der Waals surface area contributed by atoms with Gasteiger partial charge in [-0.15, -0.1) is 0 Å². The number of ether oxygens (including phenoxy) is 2. The van der Waals surface area contributed by atoms with Crippen molar-refractivity contribution in [3.05, 3.63) is 77.4 Å². The summed E-state index contributed by atoms with van der Waals surface area (Å²) in [5, 5.41) is 9.83. The monoisotopic (exact) mass is 333 g/mol. The van der Waals surface area contributed by atoms with Gasteiger partial charge in [-0.3, -0.25) is 0 Å². The minimum Gasteiger partial charge on any atom is -0.463 e. The van der Waals surface area contributed by atoms with Crippen molar-refractivity contribution in [2.24, 2.45) is 5.92 Å². The SMILES string of the molecule is CC(C)CO[C@H]1C[C@H](c2ccccc2)C(C#N)=C(c2ccccc2)O1. The van der Waals surface area contributed by atoms with Crippen LogP contribution in [0.3, 0.4) is 0 Å². The second-order valence-corrected chi connectivity index (χ2v) is 6.69. The van der Waals surface area contributed by atoms with Crippen LogP contribution in [0.15, 0.2) is 66.2 Å². The van der Waals surface area contributed by atoms with Crippen LogP contribution < -0.4 is 0 Å². The lowest BCUT2D eigenvalue weighted by molar-refractivity contribution is -0.116. The number of allylic oxidation sites excluding steroid dienone is 1. The van der Waals surface area contributed by atoms with Gasteiger partial charge in [0.1, 0.15) is 5.76 Å². The molecule has 0 amide bonds. The van der Waals surface area contributed by atoms with Crippen LogP contribution in [0.2, 0.25) is 0 Å². The van der Waals surface area contributed by atoms with Crippen LogP contribution in [-0.4, -0.2) is 12.9 Å². The van der Waals surface area contributed by atoms with Crippen LogP contribution >= 0.6 is 0 Å². The number of hydrogen-bond acceptors (Lipinski definition) is 3. The first-order valence-electron chi connectivity index (χ1n) is 8.72. The van der Waals surface area contributed by atoms with Crippen LogP contribution in [-0.2, 0) is 9.47 Å². The van der Waals surface area contributed by atoms with Crippen LogP contribution in [0.25, 0.3) is 5.76 Å². The Bertz CT molecular complexity index is 760. The molecule has 1 heterocycles. The third kappa shape index (κ3) is 4.10. The molecule has 0 saturated heterocycles. The first-order valence-corrected chi connectivity index (χ1v) is 8.72. The molecular formula is C22H23NO2. The molecule has 0 aliphatic carbocycles. The average molecular weight is 333 g/mol. The minimum atomic E-state index is -0.347. The zero-order valence-corrected chi connectivity index (χ0v) is 14.7. The van der Waals surface area contributed by atoms with Crippen LogP contribution in [0, 0.1) is 17.2 Å². The molecule has 2 aromatic carbocycles. The summed E-state index contributed by atoms with van der Waals surface area (Å²) < 4.78 is 12.1. The molecule has 2 atom stereocenters. The summed E-state index contributed by atoms with van der Waals surface area (Å²) in [5.74, 6) is 1.05. The van der Waals surface area contributed by atoms with Crippen molar-refractivity contribution in [2.75, 3.05) is 6.61 Å².